The van der Waals surface area contributed by atoms with E-state index in [1.807, 2.05) is 11.3 Å². The number of hydrogen-bond donors (Lipinski definition) is 0. The molecular formula is C61H62BN3S. The summed E-state index contributed by atoms with van der Waals surface area (Å²) < 4.78 is 2.80. The minimum atomic E-state index is 0.0298. The molecule has 0 atom stereocenters. The topological polar surface area (TPSA) is 9.72 Å². The van der Waals surface area contributed by atoms with E-state index in [1.165, 1.54) is 101 Å². The monoisotopic (exact) mass is 879 g/mol. The maximum Gasteiger partial charge on any atom is 0.264 e. The molecule has 8 aromatic rings. The first-order valence-corrected chi connectivity index (χ1v) is 24.8. The summed E-state index contributed by atoms with van der Waals surface area (Å²) in [6.07, 6.45) is 2.37. The van der Waals surface area contributed by atoms with Crippen LogP contribution in [0.25, 0.3) is 10.1 Å². The summed E-state index contributed by atoms with van der Waals surface area (Å²) in [6, 6.07) is 57.9. The van der Waals surface area contributed by atoms with Crippen LogP contribution in [-0.4, -0.2) is 6.71 Å². The lowest BCUT2D eigenvalue weighted by molar-refractivity contribution is 0.332. The number of hydrogen-bond acceptors (Lipinski definition) is 4. The van der Waals surface area contributed by atoms with Crippen molar-refractivity contribution in [3.8, 4) is 0 Å². The van der Waals surface area contributed by atoms with Gasteiger partial charge >= 0.3 is 0 Å². The summed E-state index contributed by atoms with van der Waals surface area (Å²) in [5.41, 5.74) is 20.7. The van der Waals surface area contributed by atoms with Gasteiger partial charge in [0.1, 0.15) is 0 Å². The molecule has 0 unspecified atom stereocenters. The van der Waals surface area contributed by atoms with Gasteiger partial charge in [0.25, 0.3) is 6.71 Å². The van der Waals surface area contributed by atoms with Gasteiger partial charge in [0.05, 0.1) is 5.69 Å². The highest BCUT2D eigenvalue weighted by Crippen LogP contribution is 2.53. The van der Waals surface area contributed by atoms with Gasteiger partial charge in [-0.05, 0) is 165 Å². The van der Waals surface area contributed by atoms with Crippen LogP contribution in [0, 0.1) is 6.92 Å². The van der Waals surface area contributed by atoms with Crippen LogP contribution < -0.4 is 30.4 Å². The second-order valence-electron chi connectivity index (χ2n) is 22.6. The van der Waals surface area contributed by atoms with E-state index in [2.05, 4.69) is 243 Å². The molecule has 330 valence electrons. The summed E-state index contributed by atoms with van der Waals surface area (Å²) in [4.78, 5) is 7.62. The van der Waals surface area contributed by atoms with Crippen LogP contribution in [0.1, 0.15) is 110 Å². The standard InChI is InChI=1S/C61H62BN3S/c1-39-34-52-55-53(35-39)65(45-28-24-41(25-29-45)59(5,6)7)56-47-37-48-49(61(10,11)33-32-60(48,8)9)38-54(47)66-57(56)62(55)50-31-30-46(63(42-18-14-12-15-19-42)43-20-16-13-17-21-43)36-51(50)64(52)44-26-22-40(23-27-44)58(2,3)4/h12-31,34-38H,32-33H2,1-11H3. The van der Waals surface area contributed by atoms with Crippen molar-refractivity contribution in [2.45, 2.75) is 111 Å². The highest BCUT2D eigenvalue weighted by Gasteiger charge is 2.47. The zero-order valence-electron chi connectivity index (χ0n) is 40.7. The van der Waals surface area contributed by atoms with Crippen LogP contribution in [0.15, 0.2) is 152 Å². The van der Waals surface area contributed by atoms with E-state index in [0.29, 0.717) is 0 Å². The second kappa shape index (κ2) is 15.0. The van der Waals surface area contributed by atoms with Gasteiger partial charge in [-0.3, -0.25) is 0 Å². The van der Waals surface area contributed by atoms with Crippen LogP contribution in [0.5, 0.6) is 0 Å². The first kappa shape index (κ1) is 42.6. The van der Waals surface area contributed by atoms with E-state index < -0.39 is 0 Å². The summed E-state index contributed by atoms with van der Waals surface area (Å²) in [6.45, 7) is 26.0. The number of fused-ring (bicyclic) bond motifs is 7. The molecule has 3 heterocycles. The van der Waals surface area contributed by atoms with E-state index in [1.54, 1.807) is 0 Å². The highest BCUT2D eigenvalue weighted by atomic mass is 32.1. The third-order valence-corrected chi connectivity index (χ3v) is 16.2. The second-order valence-corrected chi connectivity index (χ2v) is 23.7. The van der Waals surface area contributed by atoms with Crippen molar-refractivity contribution in [2.75, 3.05) is 14.7 Å². The fraction of sp³-hybridized carbons (Fsp3) is 0.279. The van der Waals surface area contributed by atoms with E-state index >= 15 is 0 Å². The lowest BCUT2D eigenvalue weighted by Gasteiger charge is -2.44. The van der Waals surface area contributed by atoms with E-state index in [4.69, 9.17) is 0 Å². The fourth-order valence-corrected chi connectivity index (χ4v) is 12.5. The maximum absolute atomic E-state index is 2.64. The first-order chi connectivity index (χ1) is 31.4. The Morgan fingerprint density at radius 1 is 0.530 bits per heavy atom. The van der Waals surface area contributed by atoms with Crippen molar-refractivity contribution in [1.29, 1.82) is 0 Å². The third-order valence-electron chi connectivity index (χ3n) is 15.0. The van der Waals surface area contributed by atoms with E-state index in [9.17, 15) is 0 Å². The summed E-state index contributed by atoms with van der Waals surface area (Å²) >= 11 is 2.02. The summed E-state index contributed by atoms with van der Waals surface area (Å²) in [5.74, 6) is 0. The SMILES string of the molecule is Cc1cc2c3c(c1)N(c1ccc(C(C)(C)C)cc1)c1c(sc4cc5c(cc14)C(C)(C)CCC5(C)C)B3c1ccc(N(c3ccccc3)c3ccccc3)cc1N2c1ccc(C(C)(C)C)cc1. The Hall–Kier alpha value is -6.04. The molecule has 0 saturated carbocycles. The largest absolute Gasteiger partial charge is 0.311 e. The predicted octanol–water partition coefficient (Wildman–Crippen LogP) is 15.7. The molecular weight excluding hydrogens is 818 g/mol. The highest BCUT2D eigenvalue weighted by molar-refractivity contribution is 7.33. The molecule has 0 fully saturated rings. The van der Waals surface area contributed by atoms with Crippen molar-refractivity contribution >= 4 is 95.0 Å². The van der Waals surface area contributed by atoms with E-state index in [-0.39, 0.29) is 28.4 Å². The van der Waals surface area contributed by atoms with Gasteiger partial charge in [0, 0.05) is 60.4 Å². The first-order valence-electron chi connectivity index (χ1n) is 24.0. The number of nitrogens with zero attached hydrogens (tertiary/aromatic N) is 3. The Balaban J connectivity index is 1.23. The van der Waals surface area contributed by atoms with Crippen molar-refractivity contribution in [3.63, 3.8) is 0 Å². The van der Waals surface area contributed by atoms with E-state index in [0.717, 1.165) is 17.1 Å². The Morgan fingerprint density at radius 2 is 1.03 bits per heavy atom. The van der Waals surface area contributed by atoms with Crippen LogP contribution in [0.2, 0.25) is 0 Å². The lowest BCUT2D eigenvalue weighted by atomic mass is 9.36. The number of aryl methyl sites for hydroxylation is 1. The molecule has 0 amide bonds. The van der Waals surface area contributed by atoms with Gasteiger partial charge in [-0.1, -0.05) is 136 Å². The van der Waals surface area contributed by atoms with Crippen LogP contribution in [0.4, 0.5) is 51.2 Å². The Bertz CT molecular complexity index is 3130. The van der Waals surface area contributed by atoms with Gasteiger partial charge in [0.2, 0.25) is 0 Å². The predicted molar refractivity (Wildman–Crippen MR) is 288 cm³/mol. The molecule has 0 spiro atoms. The average molecular weight is 880 g/mol. The van der Waals surface area contributed by atoms with Crippen molar-refractivity contribution < 1.29 is 0 Å². The number of anilines is 9. The average Bonchev–Trinajstić information content (AvgIpc) is 3.66. The van der Waals surface area contributed by atoms with Crippen molar-refractivity contribution in [3.05, 3.63) is 179 Å². The molecule has 5 heteroatoms. The van der Waals surface area contributed by atoms with Crippen LogP contribution in [-0.2, 0) is 21.7 Å². The smallest absolute Gasteiger partial charge is 0.264 e. The molecule has 1 aromatic heterocycles. The molecule has 7 aromatic carbocycles. The molecule has 66 heavy (non-hydrogen) atoms. The number of para-hydroxylation sites is 2. The van der Waals surface area contributed by atoms with Gasteiger partial charge in [-0.25, -0.2) is 0 Å². The van der Waals surface area contributed by atoms with Gasteiger partial charge in [0.15, 0.2) is 0 Å². The maximum atomic E-state index is 2.64. The Morgan fingerprint density at radius 3 is 1.56 bits per heavy atom. The molecule has 3 aliphatic rings. The molecule has 1 aliphatic carbocycles. The number of benzene rings is 7. The molecule has 2 aliphatic heterocycles. The van der Waals surface area contributed by atoms with Gasteiger partial charge in [-0.2, -0.15) is 0 Å². The third kappa shape index (κ3) is 6.83. The molecule has 3 nitrogen and oxygen atoms in total. The number of rotatable bonds is 5. The van der Waals surface area contributed by atoms with Crippen LogP contribution in [0.3, 0.4) is 0 Å². The zero-order chi connectivity index (χ0) is 46.1. The summed E-state index contributed by atoms with van der Waals surface area (Å²) in [5, 5.41) is 1.37. The minimum absolute atomic E-state index is 0.0298. The number of thiophene rings is 1. The Kier molecular flexibility index (Phi) is 9.67. The minimum Gasteiger partial charge on any atom is -0.311 e. The Labute approximate surface area is 397 Å². The van der Waals surface area contributed by atoms with Gasteiger partial charge < -0.3 is 14.7 Å². The molecule has 11 rings (SSSR count). The van der Waals surface area contributed by atoms with Gasteiger partial charge in [-0.15, -0.1) is 11.3 Å². The molecule has 0 radical (unpaired) electrons. The molecule has 0 saturated heterocycles. The fourth-order valence-electron chi connectivity index (χ4n) is 11.2. The van der Waals surface area contributed by atoms with Crippen molar-refractivity contribution in [2.24, 2.45) is 0 Å². The van der Waals surface area contributed by atoms with Crippen LogP contribution >= 0.6 is 11.3 Å². The zero-order valence-corrected chi connectivity index (χ0v) is 41.5. The van der Waals surface area contributed by atoms with Crippen molar-refractivity contribution in [1.82, 2.24) is 0 Å². The normalized spacial score (nSPS) is 15.8. The summed E-state index contributed by atoms with van der Waals surface area (Å²) in [7, 11) is 0. The molecule has 0 bridgehead atoms. The quantitative estimate of drug-likeness (QED) is 0.160. The molecule has 0 N–H and O–H groups in total. The lowest BCUT2D eigenvalue weighted by Crippen LogP contribution is -2.60.